The van der Waals surface area contributed by atoms with Crippen molar-refractivity contribution >= 4 is 11.9 Å². The van der Waals surface area contributed by atoms with Gasteiger partial charge in [0.05, 0.1) is 23.3 Å². The molecule has 0 spiro atoms. The zero-order valence-electron chi connectivity index (χ0n) is 18.7. The zero-order valence-corrected chi connectivity index (χ0v) is 18.7. The van der Waals surface area contributed by atoms with E-state index in [0.717, 1.165) is 31.6 Å². The first-order chi connectivity index (χ1) is 14.8. The van der Waals surface area contributed by atoms with E-state index >= 15 is 0 Å². The van der Waals surface area contributed by atoms with E-state index in [1.54, 1.807) is 13.8 Å². The molecular weight excluding hydrogens is 392 g/mol. The summed E-state index contributed by atoms with van der Waals surface area (Å²) in [7, 11) is 0. The molecule has 2 aromatic rings. The van der Waals surface area contributed by atoms with Crippen LogP contribution < -0.4 is 0 Å². The fourth-order valence-electron chi connectivity index (χ4n) is 3.98. The second-order valence-corrected chi connectivity index (χ2v) is 8.31. The van der Waals surface area contributed by atoms with Crippen LogP contribution in [0.2, 0.25) is 0 Å². The number of ether oxygens (including phenoxy) is 1. The van der Waals surface area contributed by atoms with Gasteiger partial charge in [-0.3, -0.25) is 9.69 Å². The molecule has 3 rings (SSSR count). The molecule has 1 saturated heterocycles. The number of esters is 1. The molecule has 0 aliphatic carbocycles. The smallest absolute Gasteiger partial charge is 0.340 e. The highest BCUT2D eigenvalue weighted by atomic mass is 16.5. The fraction of sp³-hybridized carbons (Fsp3) is 0.458. The van der Waals surface area contributed by atoms with Gasteiger partial charge in [0.25, 0.3) is 5.91 Å². The molecule has 1 aliphatic rings. The van der Waals surface area contributed by atoms with Crippen LogP contribution in [0.3, 0.4) is 0 Å². The quantitative estimate of drug-likeness (QED) is 0.746. The molecule has 7 nitrogen and oxygen atoms in total. The van der Waals surface area contributed by atoms with E-state index in [0.29, 0.717) is 41.2 Å². The summed E-state index contributed by atoms with van der Waals surface area (Å²) in [6.07, 6.45) is 0.663. The monoisotopic (exact) mass is 422 g/mol. The topological polar surface area (TPSA) is 89.4 Å². The molecule has 1 aromatic carbocycles. The van der Waals surface area contributed by atoms with Crippen molar-refractivity contribution in [1.29, 1.82) is 5.26 Å². The summed E-state index contributed by atoms with van der Waals surface area (Å²) in [6.45, 7) is 11.0. The van der Waals surface area contributed by atoms with E-state index in [-0.39, 0.29) is 12.0 Å². The summed E-state index contributed by atoms with van der Waals surface area (Å²) in [5.41, 5.74) is 4.03. The van der Waals surface area contributed by atoms with E-state index in [9.17, 15) is 9.59 Å². The number of H-pyrrole nitrogens is 1. The number of rotatable bonds is 5. The van der Waals surface area contributed by atoms with Gasteiger partial charge in [0.2, 0.25) is 0 Å². The predicted octanol–water partition coefficient (Wildman–Crippen LogP) is 3.42. The maximum absolute atomic E-state index is 13.2. The van der Waals surface area contributed by atoms with Gasteiger partial charge >= 0.3 is 5.97 Å². The van der Waals surface area contributed by atoms with Gasteiger partial charge in [-0.05, 0) is 57.4 Å². The third-order valence-corrected chi connectivity index (χ3v) is 5.56. The number of hydrogen-bond donors (Lipinski definition) is 1. The number of aromatic nitrogens is 1. The zero-order chi connectivity index (χ0) is 22.5. The second kappa shape index (κ2) is 9.80. The Labute approximate surface area is 183 Å². The van der Waals surface area contributed by atoms with Crippen molar-refractivity contribution in [3.63, 3.8) is 0 Å². The van der Waals surface area contributed by atoms with E-state index in [1.807, 2.05) is 43.0 Å². The van der Waals surface area contributed by atoms with Crippen LogP contribution in [0.5, 0.6) is 0 Å². The Morgan fingerprint density at radius 2 is 1.84 bits per heavy atom. The molecule has 1 amide bonds. The van der Waals surface area contributed by atoms with Crippen LogP contribution in [-0.2, 0) is 11.3 Å². The number of aromatic amines is 1. The number of amides is 1. The Morgan fingerprint density at radius 3 is 2.48 bits per heavy atom. The summed E-state index contributed by atoms with van der Waals surface area (Å²) < 4.78 is 5.33. The fourth-order valence-corrected chi connectivity index (χ4v) is 3.98. The van der Waals surface area contributed by atoms with Crippen LogP contribution in [-0.4, -0.2) is 58.9 Å². The molecule has 0 bridgehead atoms. The van der Waals surface area contributed by atoms with Gasteiger partial charge in [-0.25, -0.2) is 4.79 Å². The Balaban J connectivity index is 1.66. The van der Waals surface area contributed by atoms with Crippen LogP contribution in [0.4, 0.5) is 0 Å². The lowest BCUT2D eigenvalue weighted by molar-refractivity contribution is 0.0376. The average Bonchev–Trinajstić information content (AvgIpc) is 2.89. The van der Waals surface area contributed by atoms with E-state index in [1.165, 1.54) is 0 Å². The van der Waals surface area contributed by atoms with Crippen LogP contribution in [0.25, 0.3) is 0 Å². The first-order valence-electron chi connectivity index (χ1n) is 10.7. The molecule has 1 fully saturated rings. The molecule has 0 unspecified atom stereocenters. The van der Waals surface area contributed by atoms with E-state index in [2.05, 4.69) is 16.0 Å². The van der Waals surface area contributed by atoms with Crippen LogP contribution in [0.1, 0.15) is 63.5 Å². The van der Waals surface area contributed by atoms with Gasteiger partial charge in [-0.2, -0.15) is 5.26 Å². The van der Waals surface area contributed by atoms with Gasteiger partial charge in [0.1, 0.15) is 5.69 Å². The minimum atomic E-state index is -0.398. The predicted molar refractivity (Wildman–Crippen MR) is 118 cm³/mol. The van der Waals surface area contributed by atoms with Gasteiger partial charge in [0, 0.05) is 38.4 Å². The van der Waals surface area contributed by atoms with Crippen LogP contribution in [0, 0.1) is 25.2 Å². The van der Waals surface area contributed by atoms with Gasteiger partial charge in [-0.1, -0.05) is 12.1 Å². The number of nitrogens with zero attached hydrogens (tertiary/aromatic N) is 3. The average molecular weight is 423 g/mol. The molecule has 2 heterocycles. The van der Waals surface area contributed by atoms with Crippen molar-refractivity contribution in [2.24, 2.45) is 0 Å². The summed E-state index contributed by atoms with van der Waals surface area (Å²) in [6, 6.07) is 9.77. The van der Waals surface area contributed by atoms with E-state index in [4.69, 9.17) is 10.00 Å². The molecule has 1 N–H and O–H groups in total. The molecule has 7 heteroatoms. The Bertz CT molecular complexity index is 985. The first-order valence-corrected chi connectivity index (χ1v) is 10.7. The molecule has 31 heavy (non-hydrogen) atoms. The standard InChI is InChI=1S/C24H30N4O3/c1-16(2)31-24(30)21-17(3)22(26-18(21)4)23(29)28-11-5-10-27(12-13-28)15-20-8-6-19(14-25)7-9-20/h6-9,16,26H,5,10-13,15H2,1-4H3. The third kappa shape index (κ3) is 5.33. The molecule has 0 radical (unpaired) electrons. The normalized spacial score (nSPS) is 14.9. The SMILES string of the molecule is Cc1[nH]c(C(=O)N2CCCN(Cc3ccc(C#N)cc3)CC2)c(C)c1C(=O)OC(C)C. The number of hydrogen-bond acceptors (Lipinski definition) is 5. The van der Waals surface area contributed by atoms with Crippen molar-refractivity contribution in [2.45, 2.75) is 46.8 Å². The summed E-state index contributed by atoms with van der Waals surface area (Å²) in [4.78, 5) is 32.9. The van der Waals surface area contributed by atoms with Gasteiger partial charge < -0.3 is 14.6 Å². The Hall–Kier alpha value is -3.11. The number of carbonyl (C=O) groups excluding carboxylic acids is 2. The maximum Gasteiger partial charge on any atom is 0.340 e. The number of nitrogens with one attached hydrogen (secondary N) is 1. The van der Waals surface area contributed by atoms with Crippen molar-refractivity contribution in [3.05, 3.63) is 57.9 Å². The highest BCUT2D eigenvalue weighted by Crippen LogP contribution is 2.22. The number of aryl methyl sites for hydroxylation is 1. The molecule has 164 valence electrons. The second-order valence-electron chi connectivity index (χ2n) is 8.31. The molecule has 0 atom stereocenters. The highest BCUT2D eigenvalue weighted by molar-refractivity contribution is 6.00. The number of benzene rings is 1. The van der Waals surface area contributed by atoms with Crippen LogP contribution in [0.15, 0.2) is 24.3 Å². The lowest BCUT2D eigenvalue weighted by atomic mass is 10.1. The number of nitriles is 1. The minimum Gasteiger partial charge on any atom is -0.459 e. The Morgan fingerprint density at radius 1 is 1.13 bits per heavy atom. The van der Waals surface area contributed by atoms with Crippen molar-refractivity contribution < 1.29 is 14.3 Å². The molecular formula is C24H30N4O3. The van der Waals surface area contributed by atoms with Gasteiger partial charge in [0.15, 0.2) is 0 Å². The maximum atomic E-state index is 13.2. The van der Waals surface area contributed by atoms with Crippen molar-refractivity contribution in [3.8, 4) is 6.07 Å². The van der Waals surface area contributed by atoms with E-state index < -0.39 is 5.97 Å². The van der Waals surface area contributed by atoms with Crippen molar-refractivity contribution in [2.75, 3.05) is 26.2 Å². The highest BCUT2D eigenvalue weighted by Gasteiger charge is 2.27. The minimum absolute atomic E-state index is 0.0792. The van der Waals surface area contributed by atoms with Crippen molar-refractivity contribution in [1.82, 2.24) is 14.8 Å². The lowest BCUT2D eigenvalue weighted by Gasteiger charge is -2.22. The largest absolute Gasteiger partial charge is 0.459 e. The summed E-state index contributed by atoms with van der Waals surface area (Å²) in [5.74, 6) is -0.478. The number of carbonyl (C=O) groups is 2. The summed E-state index contributed by atoms with van der Waals surface area (Å²) in [5, 5.41) is 8.94. The van der Waals surface area contributed by atoms with Crippen LogP contribution >= 0.6 is 0 Å². The molecule has 0 saturated carbocycles. The first kappa shape index (κ1) is 22.6. The molecule has 1 aliphatic heterocycles. The third-order valence-electron chi connectivity index (χ3n) is 5.56. The summed E-state index contributed by atoms with van der Waals surface area (Å²) >= 11 is 0. The Kier molecular flexibility index (Phi) is 7.13. The van der Waals surface area contributed by atoms with Gasteiger partial charge in [-0.15, -0.1) is 0 Å². The lowest BCUT2D eigenvalue weighted by Crippen LogP contribution is -2.35. The molecule has 1 aromatic heterocycles.